The molecule has 0 unspecified atom stereocenters. The van der Waals surface area contributed by atoms with Crippen molar-refractivity contribution in [2.24, 2.45) is 0 Å². The van der Waals surface area contributed by atoms with E-state index < -0.39 is 44.4 Å². The number of carboxylic acid groups (broad SMARTS) is 1. The zero-order valence-electron chi connectivity index (χ0n) is 18.9. The normalized spacial score (nSPS) is 12.0. The summed E-state index contributed by atoms with van der Waals surface area (Å²) in [5, 5.41) is 11.5. The van der Waals surface area contributed by atoms with Gasteiger partial charge >= 0.3 is 18.3 Å². The quantitative estimate of drug-likeness (QED) is 0.315. The van der Waals surface area contributed by atoms with Gasteiger partial charge in [-0.2, -0.15) is 26.3 Å². The standard InChI is InChI=1S/C12H9ClN2O4S.C10H9F6N/c1-20(18,19)12-14-6-8(11(16)17)10(15-12)7-4-2-3-5-9(7)13;1-17-5-6-2-7(9(11,12)13)4-8(3-6)10(14,15)16/h2-6H,1H3,(H,16,17);2-4,17H,5H2,1H3. The van der Waals surface area contributed by atoms with Crippen molar-refractivity contribution in [1.82, 2.24) is 15.3 Å². The smallest absolute Gasteiger partial charge is 0.416 e. The molecular formula is C22H18ClF6N3O4S. The van der Waals surface area contributed by atoms with Crippen LogP contribution in [-0.2, 0) is 28.7 Å². The first kappa shape index (κ1) is 30.0. The number of hydrogen-bond acceptors (Lipinski definition) is 6. The van der Waals surface area contributed by atoms with Crippen LogP contribution in [0.3, 0.4) is 0 Å². The molecule has 0 aliphatic rings. The molecule has 1 heterocycles. The van der Waals surface area contributed by atoms with Crippen molar-refractivity contribution in [2.45, 2.75) is 24.1 Å². The average molecular weight is 570 g/mol. The van der Waals surface area contributed by atoms with E-state index in [0.717, 1.165) is 12.5 Å². The van der Waals surface area contributed by atoms with Gasteiger partial charge in [0.1, 0.15) is 5.56 Å². The minimum Gasteiger partial charge on any atom is -0.478 e. The summed E-state index contributed by atoms with van der Waals surface area (Å²) in [5.74, 6) is -1.26. The summed E-state index contributed by atoms with van der Waals surface area (Å²) in [6, 6.07) is 7.95. The van der Waals surface area contributed by atoms with Crippen molar-refractivity contribution < 1.29 is 44.7 Å². The van der Waals surface area contributed by atoms with Crippen LogP contribution in [0.5, 0.6) is 0 Å². The number of aromatic carboxylic acids is 1. The number of rotatable bonds is 5. The molecule has 0 saturated carbocycles. The van der Waals surface area contributed by atoms with Gasteiger partial charge in [-0.25, -0.2) is 23.2 Å². The lowest BCUT2D eigenvalue weighted by molar-refractivity contribution is -0.143. The summed E-state index contributed by atoms with van der Waals surface area (Å²) >= 11 is 6.00. The van der Waals surface area contributed by atoms with Gasteiger partial charge in [-0.15, -0.1) is 0 Å². The summed E-state index contributed by atoms with van der Waals surface area (Å²) in [6.45, 7) is -0.0625. The van der Waals surface area contributed by atoms with Crippen molar-refractivity contribution in [3.63, 3.8) is 0 Å². The number of nitrogens with zero attached hydrogens (tertiary/aromatic N) is 2. The van der Waals surface area contributed by atoms with Crippen LogP contribution in [0.2, 0.25) is 5.02 Å². The van der Waals surface area contributed by atoms with Crippen LogP contribution in [0.1, 0.15) is 27.0 Å². The van der Waals surface area contributed by atoms with Gasteiger partial charge in [0.15, 0.2) is 0 Å². The Bertz CT molecular complexity index is 1360. The van der Waals surface area contributed by atoms with Crippen molar-refractivity contribution in [3.8, 4) is 11.3 Å². The van der Waals surface area contributed by atoms with Gasteiger partial charge in [0.05, 0.1) is 16.8 Å². The monoisotopic (exact) mass is 569 g/mol. The predicted molar refractivity (Wildman–Crippen MR) is 122 cm³/mol. The highest BCUT2D eigenvalue weighted by Gasteiger charge is 2.36. The highest BCUT2D eigenvalue weighted by atomic mass is 35.5. The SMILES string of the molecule is CNCc1cc(C(F)(F)F)cc(C(F)(F)F)c1.CS(=O)(=O)c1ncc(C(=O)O)c(-c2ccccc2Cl)n1. The fraction of sp³-hybridized carbons (Fsp3) is 0.227. The van der Waals surface area contributed by atoms with E-state index in [0.29, 0.717) is 17.7 Å². The molecule has 7 nitrogen and oxygen atoms in total. The average Bonchev–Trinajstić information content (AvgIpc) is 2.77. The second-order valence-corrected chi connectivity index (χ2v) is 9.73. The van der Waals surface area contributed by atoms with Crippen molar-refractivity contribution >= 4 is 27.4 Å². The van der Waals surface area contributed by atoms with Crippen LogP contribution in [0.15, 0.2) is 53.8 Å². The summed E-state index contributed by atoms with van der Waals surface area (Å²) in [4.78, 5) is 18.6. The Morgan fingerprint density at radius 3 is 2.00 bits per heavy atom. The fourth-order valence-corrected chi connectivity index (χ4v) is 3.61. The van der Waals surface area contributed by atoms with Crippen LogP contribution in [0.4, 0.5) is 26.3 Å². The molecule has 0 aliphatic carbocycles. The zero-order chi connectivity index (χ0) is 28.2. The summed E-state index contributed by atoms with van der Waals surface area (Å²) in [7, 11) is -2.21. The molecule has 3 rings (SSSR count). The van der Waals surface area contributed by atoms with E-state index in [-0.39, 0.29) is 34.5 Å². The van der Waals surface area contributed by atoms with Gasteiger partial charge in [-0.1, -0.05) is 29.8 Å². The fourth-order valence-electron chi connectivity index (χ4n) is 2.88. The third-order valence-electron chi connectivity index (χ3n) is 4.49. The molecule has 3 aromatic rings. The molecule has 0 aliphatic heterocycles. The van der Waals surface area contributed by atoms with Gasteiger partial charge in [0.25, 0.3) is 0 Å². The largest absolute Gasteiger partial charge is 0.478 e. The highest BCUT2D eigenvalue weighted by Crippen LogP contribution is 2.36. The Balaban J connectivity index is 0.000000264. The number of hydrogen-bond donors (Lipinski definition) is 2. The lowest BCUT2D eigenvalue weighted by atomic mass is 10.0. The van der Waals surface area contributed by atoms with Gasteiger partial charge in [0.2, 0.25) is 15.0 Å². The molecule has 2 N–H and O–H groups in total. The van der Waals surface area contributed by atoms with Gasteiger partial charge in [0, 0.05) is 29.6 Å². The Morgan fingerprint density at radius 1 is 1.03 bits per heavy atom. The number of aromatic nitrogens is 2. The van der Waals surface area contributed by atoms with Crippen LogP contribution in [-0.4, -0.2) is 42.8 Å². The molecule has 200 valence electrons. The highest BCUT2D eigenvalue weighted by molar-refractivity contribution is 7.90. The van der Waals surface area contributed by atoms with Crippen LogP contribution < -0.4 is 5.32 Å². The second kappa shape index (κ2) is 11.4. The maximum atomic E-state index is 12.4. The molecule has 2 aromatic carbocycles. The molecular weight excluding hydrogens is 552 g/mol. The topological polar surface area (TPSA) is 109 Å². The Hall–Kier alpha value is -3.23. The van der Waals surface area contributed by atoms with E-state index in [9.17, 15) is 39.6 Å². The van der Waals surface area contributed by atoms with E-state index in [1.165, 1.54) is 7.05 Å². The molecule has 0 radical (unpaired) electrons. The molecule has 0 bridgehead atoms. The molecule has 0 amide bonds. The second-order valence-electron chi connectivity index (χ2n) is 7.42. The van der Waals surface area contributed by atoms with E-state index in [1.54, 1.807) is 24.3 Å². The van der Waals surface area contributed by atoms with E-state index in [1.807, 2.05) is 0 Å². The zero-order valence-corrected chi connectivity index (χ0v) is 20.5. The minimum absolute atomic E-state index is 0.0291. The Labute approximate surface area is 212 Å². The predicted octanol–water partition coefficient (Wildman–Crippen LogP) is 5.34. The number of nitrogens with one attached hydrogen (secondary N) is 1. The lowest BCUT2D eigenvalue weighted by Crippen LogP contribution is -2.14. The summed E-state index contributed by atoms with van der Waals surface area (Å²) < 4.78 is 97.3. The molecule has 0 saturated heterocycles. The number of benzene rings is 2. The molecule has 0 atom stereocenters. The first-order valence-corrected chi connectivity index (χ1v) is 12.2. The van der Waals surface area contributed by atoms with Gasteiger partial charge in [-0.05, 0) is 36.9 Å². The van der Waals surface area contributed by atoms with Gasteiger partial charge < -0.3 is 10.4 Å². The minimum atomic E-state index is -4.79. The third-order valence-corrected chi connectivity index (χ3v) is 5.68. The third kappa shape index (κ3) is 8.13. The molecule has 0 spiro atoms. The lowest BCUT2D eigenvalue weighted by Gasteiger charge is -2.13. The molecule has 37 heavy (non-hydrogen) atoms. The van der Waals surface area contributed by atoms with Crippen LogP contribution >= 0.6 is 11.6 Å². The van der Waals surface area contributed by atoms with E-state index in [4.69, 9.17) is 16.7 Å². The first-order chi connectivity index (χ1) is 16.9. The Morgan fingerprint density at radius 2 is 1.57 bits per heavy atom. The Kier molecular flexibility index (Phi) is 9.27. The van der Waals surface area contributed by atoms with Crippen LogP contribution in [0.25, 0.3) is 11.3 Å². The van der Waals surface area contributed by atoms with E-state index >= 15 is 0 Å². The number of alkyl halides is 6. The molecule has 15 heteroatoms. The number of halogens is 7. The molecule has 1 aromatic heterocycles. The van der Waals surface area contributed by atoms with Crippen molar-refractivity contribution in [1.29, 1.82) is 0 Å². The number of carbonyl (C=O) groups is 1. The molecule has 0 fully saturated rings. The van der Waals surface area contributed by atoms with Crippen LogP contribution in [0, 0.1) is 0 Å². The van der Waals surface area contributed by atoms with E-state index in [2.05, 4.69) is 15.3 Å². The summed E-state index contributed by atoms with van der Waals surface area (Å²) in [5.41, 5.74) is -2.56. The van der Waals surface area contributed by atoms with Crippen molar-refractivity contribution in [3.05, 3.63) is 75.9 Å². The maximum absolute atomic E-state index is 12.4. The maximum Gasteiger partial charge on any atom is 0.416 e. The first-order valence-electron chi connectivity index (χ1n) is 9.93. The summed E-state index contributed by atoms with van der Waals surface area (Å²) in [6.07, 6.45) is -7.67. The number of sulfone groups is 1. The number of carboxylic acids is 1. The van der Waals surface area contributed by atoms with Crippen molar-refractivity contribution in [2.75, 3.05) is 13.3 Å². The van der Waals surface area contributed by atoms with Gasteiger partial charge in [-0.3, -0.25) is 0 Å².